The molecule has 0 bridgehead atoms. The van der Waals surface area contributed by atoms with E-state index in [1.54, 1.807) is 12.1 Å². The molecule has 5 nitrogen and oxygen atoms in total. The van der Waals surface area contributed by atoms with Gasteiger partial charge in [-0.2, -0.15) is 0 Å². The molecule has 2 saturated heterocycles. The largest absolute Gasteiger partial charge is 0.459 e. The maximum Gasteiger partial charge on any atom is 0.289 e. The Morgan fingerprint density at radius 2 is 1.73 bits per heavy atom. The standard InChI is InChI=1S/C21H24N2O3/c1-16-6-2-3-7-17(16)19(24)23-12-10-21(15-23)9-5-11-22(14-21)20(25)18-8-4-13-26-18/h2-4,6-8,13H,5,9-12,14-15H2,1H3/t21-/m1/s1. The summed E-state index contributed by atoms with van der Waals surface area (Å²) in [7, 11) is 0. The van der Waals surface area contributed by atoms with E-state index in [0.717, 1.165) is 50.0 Å². The van der Waals surface area contributed by atoms with E-state index in [1.807, 2.05) is 41.0 Å². The van der Waals surface area contributed by atoms with Crippen molar-refractivity contribution in [3.05, 3.63) is 59.5 Å². The summed E-state index contributed by atoms with van der Waals surface area (Å²) in [6.07, 6.45) is 4.52. The average molecular weight is 352 g/mol. The maximum atomic E-state index is 12.9. The first-order valence-electron chi connectivity index (χ1n) is 9.26. The first-order chi connectivity index (χ1) is 12.6. The van der Waals surface area contributed by atoms with Crippen LogP contribution in [0.25, 0.3) is 0 Å². The van der Waals surface area contributed by atoms with Gasteiger partial charge in [0.2, 0.25) is 0 Å². The van der Waals surface area contributed by atoms with Crippen LogP contribution in [0, 0.1) is 12.3 Å². The van der Waals surface area contributed by atoms with E-state index in [4.69, 9.17) is 4.42 Å². The number of piperidine rings is 1. The van der Waals surface area contributed by atoms with E-state index in [1.165, 1.54) is 6.26 Å². The van der Waals surface area contributed by atoms with Gasteiger partial charge in [0.1, 0.15) is 0 Å². The highest BCUT2D eigenvalue weighted by molar-refractivity contribution is 5.96. The van der Waals surface area contributed by atoms with Crippen LogP contribution in [0.1, 0.15) is 45.7 Å². The molecule has 5 heteroatoms. The van der Waals surface area contributed by atoms with Gasteiger partial charge in [0.05, 0.1) is 6.26 Å². The van der Waals surface area contributed by atoms with E-state index in [-0.39, 0.29) is 17.2 Å². The Labute approximate surface area is 153 Å². The Morgan fingerprint density at radius 3 is 2.46 bits per heavy atom. The lowest BCUT2D eigenvalue weighted by Crippen LogP contribution is -2.47. The fourth-order valence-corrected chi connectivity index (χ4v) is 4.36. The number of furan rings is 1. The number of aryl methyl sites for hydroxylation is 1. The predicted molar refractivity (Wildman–Crippen MR) is 98.0 cm³/mol. The molecular formula is C21H24N2O3. The van der Waals surface area contributed by atoms with Crippen molar-refractivity contribution in [3.63, 3.8) is 0 Å². The molecule has 136 valence electrons. The third-order valence-electron chi connectivity index (χ3n) is 5.78. The number of amides is 2. The molecule has 1 aromatic carbocycles. The Morgan fingerprint density at radius 1 is 0.962 bits per heavy atom. The highest BCUT2D eigenvalue weighted by Crippen LogP contribution is 2.40. The van der Waals surface area contributed by atoms with Crippen molar-refractivity contribution in [2.75, 3.05) is 26.2 Å². The molecule has 0 N–H and O–H groups in total. The Hall–Kier alpha value is -2.56. The van der Waals surface area contributed by atoms with Gasteiger partial charge in [-0.15, -0.1) is 0 Å². The first kappa shape index (κ1) is 16.9. The summed E-state index contributed by atoms with van der Waals surface area (Å²) in [4.78, 5) is 29.4. The number of benzene rings is 1. The van der Waals surface area contributed by atoms with Crippen LogP contribution in [0.4, 0.5) is 0 Å². The zero-order valence-corrected chi connectivity index (χ0v) is 15.1. The summed E-state index contributed by atoms with van der Waals surface area (Å²) in [5, 5.41) is 0. The number of hydrogen-bond acceptors (Lipinski definition) is 3. The van der Waals surface area contributed by atoms with Gasteiger partial charge in [0, 0.05) is 37.2 Å². The van der Waals surface area contributed by atoms with Crippen LogP contribution in [-0.2, 0) is 0 Å². The van der Waals surface area contributed by atoms with E-state index in [2.05, 4.69) is 0 Å². The Bertz CT molecular complexity index is 814. The zero-order chi connectivity index (χ0) is 18.1. The lowest BCUT2D eigenvalue weighted by molar-refractivity contribution is 0.0489. The molecule has 0 aliphatic carbocycles. The summed E-state index contributed by atoms with van der Waals surface area (Å²) in [6.45, 7) is 4.92. The molecule has 1 spiro atoms. The van der Waals surface area contributed by atoms with Crippen molar-refractivity contribution < 1.29 is 14.0 Å². The van der Waals surface area contributed by atoms with Crippen LogP contribution in [-0.4, -0.2) is 47.8 Å². The van der Waals surface area contributed by atoms with Crippen molar-refractivity contribution in [2.24, 2.45) is 5.41 Å². The summed E-state index contributed by atoms with van der Waals surface area (Å²) in [6, 6.07) is 11.2. The number of carbonyl (C=O) groups is 2. The molecule has 1 aromatic heterocycles. The topological polar surface area (TPSA) is 53.8 Å². The van der Waals surface area contributed by atoms with Gasteiger partial charge in [0.25, 0.3) is 11.8 Å². The number of nitrogens with zero attached hydrogens (tertiary/aromatic N) is 2. The molecule has 0 unspecified atom stereocenters. The highest BCUT2D eigenvalue weighted by Gasteiger charge is 2.44. The minimum absolute atomic E-state index is 0.0127. The third kappa shape index (κ3) is 3.02. The van der Waals surface area contributed by atoms with Gasteiger partial charge < -0.3 is 14.2 Å². The molecular weight excluding hydrogens is 328 g/mol. The summed E-state index contributed by atoms with van der Waals surface area (Å²) < 4.78 is 5.27. The number of hydrogen-bond donors (Lipinski definition) is 0. The van der Waals surface area contributed by atoms with Crippen molar-refractivity contribution in [1.82, 2.24) is 9.80 Å². The van der Waals surface area contributed by atoms with Crippen LogP contribution >= 0.6 is 0 Å². The van der Waals surface area contributed by atoms with Gasteiger partial charge in [-0.25, -0.2) is 0 Å². The average Bonchev–Trinajstić information content (AvgIpc) is 3.32. The van der Waals surface area contributed by atoms with Gasteiger partial charge in [-0.3, -0.25) is 9.59 Å². The fraction of sp³-hybridized carbons (Fsp3) is 0.429. The van der Waals surface area contributed by atoms with Crippen LogP contribution in [0.2, 0.25) is 0 Å². The van der Waals surface area contributed by atoms with Crippen LogP contribution in [0.15, 0.2) is 47.1 Å². The molecule has 0 radical (unpaired) electrons. The lowest BCUT2D eigenvalue weighted by Gasteiger charge is -2.40. The molecule has 26 heavy (non-hydrogen) atoms. The monoisotopic (exact) mass is 352 g/mol. The molecule has 2 amide bonds. The summed E-state index contributed by atoms with van der Waals surface area (Å²) in [5.41, 5.74) is 1.80. The normalized spacial score (nSPS) is 22.8. The fourth-order valence-electron chi connectivity index (χ4n) is 4.36. The van der Waals surface area contributed by atoms with E-state index < -0.39 is 0 Å². The number of carbonyl (C=O) groups excluding carboxylic acids is 2. The van der Waals surface area contributed by atoms with Gasteiger partial charge in [0.15, 0.2) is 5.76 Å². The molecule has 4 rings (SSSR count). The lowest BCUT2D eigenvalue weighted by atomic mass is 9.79. The minimum atomic E-state index is -0.0437. The van der Waals surface area contributed by atoms with Gasteiger partial charge >= 0.3 is 0 Å². The second kappa shape index (κ2) is 6.63. The quantitative estimate of drug-likeness (QED) is 0.833. The van der Waals surface area contributed by atoms with Crippen LogP contribution < -0.4 is 0 Å². The second-order valence-corrected chi connectivity index (χ2v) is 7.60. The van der Waals surface area contributed by atoms with Crippen molar-refractivity contribution in [1.29, 1.82) is 0 Å². The third-order valence-corrected chi connectivity index (χ3v) is 5.78. The van der Waals surface area contributed by atoms with Crippen LogP contribution in [0.5, 0.6) is 0 Å². The molecule has 2 aliphatic heterocycles. The van der Waals surface area contributed by atoms with Crippen molar-refractivity contribution in [3.8, 4) is 0 Å². The summed E-state index contributed by atoms with van der Waals surface area (Å²) >= 11 is 0. The molecule has 2 aliphatic rings. The Balaban J connectivity index is 1.47. The van der Waals surface area contributed by atoms with E-state index >= 15 is 0 Å². The van der Waals surface area contributed by atoms with Crippen LogP contribution in [0.3, 0.4) is 0 Å². The van der Waals surface area contributed by atoms with Crippen molar-refractivity contribution in [2.45, 2.75) is 26.2 Å². The molecule has 3 heterocycles. The van der Waals surface area contributed by atoms with E-state index in [9.17, 15) is 9.59 Å². The molecule has 2 fully saturated rings. The smallest absolute Gasteiger partial charge is 0.289 e. The minimum Gasteiger partial charge on any atom is -0.459 e. The molecule has 1 atom stereocenters. The Kier molecular flexibility index (Phi) is 4.31. The predicted octanol–water partition coefficient (Wildman–Crippen LogP) is 3.36. The van der Waals surface area contributed by atoms with Crippen molar-refractivity contribution >= 4 is 11.8 Å². The summed E-state index contributed by atoms with van der Waals surface area (Å²) in [5.74, 6) is 0.458. The number of rotatable bonds is 2. The van der Waals surface area contributed by atoms with Gasteiger partial charge in [-0.05, 0) is 49.9 Å². The molecule has 2 aromatic rings. The maximum absolute atomic E-state index is 12.9. The van der Waals surface area contributed by atoms with E-state index in [0.29, 0.717) is 12.3 Å². The zero-order valence-electron chi connectivity index (χ0n) is 15.1. The van der Waals surface area contributed by atoms with Gasteiger partial charge in [-0.1, -0.05) is 18.2 Å². The number of likely N-dealkylation sites (tertiary alicyclic amines) is 2. The highest BCUT2D eigenvalue weighted by atomic mass is 16.3. The SMILES string of the molecule is Cc1ccccc1C(=O)N1CC[C@@]2(CCCN(C(=O)c3ccco3)C2)C1. The second-order valence-electron chi connectivity index (χ2n) is 7.60. The molecule has 0 saturated carbocycles. The first-order valence-corrected chi connectivity index (χ1v) is 9.26.